The topological polar surface area (TPSA) is 351 Å². The van der Waals surface area contributed by atoms with Gasteiger partial charge < -0.3 is 40.3 Å². The molecule has 4 fully saturated rings. The number of hydrogen-bond donors (Lipinski definition) is 7. The molecule has 1 amide bonds. The van der Waals surface area contributed by atoms with Gasteiger partial charge in [0.05, 0.1) is 38.0 Å². The number of rotatable bonds is 3. The van der Waals surface area contributed by atoms with Crippen molar-refractivity contribution in [3.05, 3.63) is 23.1 Å². The second-order valence-corrected chi connectivity index (χ2v) is 13.6. The average Bonchev–Trinajstić information content (AvgIpc) is 3.76. The number of carbonyl (C=O) groups excluding carboxylic acids is 1. The number of aliphatic imine (C=N–C) groups is 1. The minimum Gasteiger partial charge on any atom is -0.387 e. The Morgan fingerprint density at radius 3 is 2.51 bits per heavy atom. The fraction of sp³-hybridized carbons (Fsp3) is 0.650. The number of ether oxygens (including phenoxy) is 2. The molecular formula is C20H27N13O12P2. The zero-order chi connectivity index (χ0) is 33.2. The fourth-order valence-electron chi connectivity index (χ4n) is 5.90. The van der Waals surface area contributed by atoms with E-state index >= 15 is 0 Å². The van der Waals surface area contributed by atoms with Gasteiger partial charge >= 0.3 is 15.6 Å². The first-order chi connectivity index (χ1) is 22.4. The average molecular weight is 703 g/mol. The van der Waals surface area contributed by atoms with Gasteiger partial charge in [-0.05, 0) is 5.53 Å². The van der Waals surface area contributed by atoms with Gasteiger partial charge in [-0.1, -0.05) is 5.11 Å². The van der Waals surface area contributed by atoms with Gasteiger partial charge in [-0.25, -0.2) is 24.1 Å². The molecule has 13 atom stereocenters. The lowest BCUT2D eigenvalue weighted by atomic mass is 10.1. The molecule has 2 aromatic heterocycles. The maximum absolute atomic E-state index is 13.4. The Kier molecular flexibility index (Phi) is 8.18. The number of nitrogen functional groups attached to an aromatic ring is 1. The Balaban J connectivity index is 1.21. The Labute approximate surface area is 262 Å². The number of aliphatic hydroxyl groups excluding tert-OH is 1. The van der Waals surface area contributed by atoms with E-state index in [1.165, 1.54) is 22.1 Å². The van der Waals surface area contributed by atoms with Gasteiger partial charge in [0.2, 0.25) is 0 Å². The largest absolute Gasteiger partial charge is 0.472 e. The van der Waals surface area contributed by atoms with Crippen molar-refractivity contribution in [2.45, 2.75) is 67.5 Å². The number of amides is 1. The van der Waals surface area contributed by atoms with Crippen molar-refractivity contribution in [3.8, 4) is 0 Å². The number of imidazole rings is 1. The van der Waals surface area contributed by atoms with Crippen LogP contribution in [0, 0.1) is 0 Å². The number of azide groups is 1. The molecule has 5 unspecified atom stereocenters. The molecular weight excluding hydrogens is 676 g/mol. The Hall–Kier alpha value is -3.38. The summed E-state index contributed by atoms with van der Waals surface area (Å²) < 4.78 is 61.1. The summed E-state index contributed by atoms with van der Waals surface area (Å²) in [5.41, 5.74) is 21.3. The number of fused-ring (bicyclic) bond motifs is 6. The third-order valence-corrected chi connectivity index (χ3v) is 9.95. The van der Waals surface area contributed by atoms with Crippen LogP contribution in [0.5, 0.6) is 0 Å². The molecule has 25 nitrogen and oxygen atoms in total. The summed E-state index contributed by atoms with van der Waals surface area (Å²) in [6.07, 6.45) is -9.10. The van der Waals surface area contributed by atoms with Crippen molar-refractivity contribution in [2.75, 3.05) is 18.9 Å². The predicted octanol–water partition coefficient (Wildman–Crippen LogP) is -2.91. The number of phosphoric ester groups is 2. The Bertz CT molecular complexity index is 1740. The number of nitrogens with one attached hydrogen (secondary N) is 2. The highest BCUT2D eigenvalue weighted by Gasteiger charge is 2.56. The maximum atomic E-state index is 13.4. The molecule has 0 spiro atoms. The molecule has 5 aliphatic heterocycles. The summed E-state index contributed by atoms with van der Waals surface area (Å²) in [7, 11) is -10.2. The van der Waals surface area contributed by atoms with Crippen molar-refractivity contribution < 1.29 is 56.4 Å². The van der Waals surface area contributed by atoms with Gasteiger partial charge in [0.25, 0.3) is 5.91 Å². The molecule has 27 heteroatoms. The normalized spacial score (nSPS) is 43.7. The third kappa shape index (κ3) is 5.85. The van der Waals surface area contributed by atoms with Crippen molar-refractivity contribution in [2.24, 2.45) is 15.8 Å². The summed E-state index contributed by atoms with van der Waals surface area (Å²) in [4.78, 5) is 54.4. The zero-order valence-corrected chi connectivity index (χ0v) is 25.4. The van der Waals surface area contributed by atoms with E-state index in [4.69, 9.17) is 39.0 Å². The molecule has 5 aliphatic rings. The monoisotopic (exact) mass is 703 g/mol. The maximum Gasteiger partial charge on any atom is 0.472 e. The summed E-state index contributed by atoms with van der Waals surface area (Å²) in [6.45, 7) is -1.61. The summed E-state index contributed by atoms with van der Waals surface area (Å²) in [5.74, 6) is -0.511. The van der Waals surface area contributed by atoms with Crippen LogP contribution in [0.2, 0.25) is 0 Å². The van der Waals surface area contributed by atoms with Crippen LogP contribution in [-0.2, 0) is 41.5 Å². The Morgan fingerprint density at radius 2 is 1.77 bits per heavy atom. The van der Waals surface area contributed by atoms with Crippen molar-refractivity contribution in [3.63, 3.8) is 0 Å². The van der Waals surface area contributed by atoms with E-state index in [9.17, 15) is 34.3 Å². The molecule has 254 valence electrons. The van der Waals surface area contributed by atoms with Crippen LogP contribution in [-0.4, -0.2) is 126 Å². The first-order valence-electron chi connectivity index (χ1n) is 13.8. The molecule has 4 saturated heterocycles. The first kappa shape index (κ1) is 32.2. The van der Waals surface area contributed by atoms with Gasteiger partial charge in [-0.2, -0.15) is 0 Å². The number of aliphatic hydroxyl groups is 1. The number of aromatic nitrogens is 4. The highest BCUT2D eigenvalue weighted by atomic mass is 31.2. The van der Waals surface area contributed by atoms with Crippen LogP contribution >= 0.6 is 15.6 Å². The zero-order valence-electron chi connectivity index (χ0n) is 23.6. The van der Waals surface area contributed by atoms with Crippen molar-refractivity contribution in [1.82, 2.24) is 35.1 Å². The number of anilines is 1. The number of nitrogens with zero attached hydrogens (tertiary/aromatic N) is 9. The Morgan fingerprint density at radius 1 is 1.06 bits per heavy atom. The minimum absolute atomic E-state index is 0.0154. The molecule has 0 radical (unpaired) electrons. The molecule has 7 heterocycles. The van der Waals surface area contributed by atoms with E-state index in [0.29, 0.717) is 0 Å². The quantitative estimate of drug-likeness (QED) is 0.0729. The smallest absolute Gasteiger partial charge is 0.387 e. The lowest BCUT2D eigenvalue weighted by molar-refractivity contribution is -0.130. The van der Waals surface area contributed by atoms with E-state index in [1.54, 1.807) is 0 Å². The van der Waals surface area contributed by atoms with Crippen LogP contribution in [0.1, 0.15) is 6.23 Å². The van der Waals surface area contributed by atoms with E-state index in [2.05, 4.69) is 40.6 Å². The minimum atomic E-state index is -5.11. The van der Waals surface area contributed by atoms with E-state index in [-0.39, 0.29) is 17.0 Å². The standard InChI is InChI=1S/C20H27N13O12P2/c21-14-9-15(25-3-24-14)32(4-26-9)19-13-11(34)7(43-19)2-41-46(36,37)44-12-8(30-31-23)6(1-40-47(38,39)45-13)42-18(12)33-5-27-10-16(33)28-20(22)29-17(10)35/h3-8,10-13,16,18-20,28,34H,1-2,22H2,(H,29,35)(H,36,37)(H,38,39)(H2,21,24,25)/t6-,7-,8-,10?,11-,12-,13-,16?,18-,19-,20?/m1/s1. The van der Waals surface area contributed by atoms with E-state index in [0.717, 1.165) is 6.33 Å². The number of carbonyl (C=O) groups is 1. The molecule has 7 rings (SSSR count). The summed E-state index contributed by atoms with van der Waals surface area (Å²) >= 11 is 0. The van der Waals surface area contributed by atoms with Crippen LogP contribution < -0.4 is 22.1 Å². The molecule has 0 aromatic carbocycles. The predicted molar refractivity (Wildman–Crippen MR) is 150 cm³/mol. The number of phosphoric acid groups is 2. The number of nitrogens with two attached hydrogens (primary N) is 2. The van der Waals surface area contributed by atoms with Gasteiger partial charge in [-0.15, -0.1) is 0 Å². The van der Waals surface area contributed by atoms with Crippen LogP contribution in [0.4, 0.5) is 5.82 Å². The second-order valence-electron chi connectivity index (χ2n) is 10.8. The molecule has 9 N–H and O–H groups in total. The van der Waals surface area contributed by atoms with Crippen LogP contribution in [0.3, 0.4) is 0 Å². The molecule has 2 aromatic rings. The molecule has 47 heavy (non-hydrogen) atoms. The summed E-state index contributed by atoms with van der Waals surface area (Å²) in [6, 6.07) is -2.48. The van der Waals surface area contributed by atoms with E-state index in [1.807, 2.05) is 0 Å². The van der Waals surface area contributed by atoms with Crippen LogP contribution in [0.15, 0.2) is 22.8 Å². The highest BCUT2D eigenvalue weighted by Crippen LogP contribution is 2.53. The van der Waals surface area contributed by atoms with Crippen LogP contribution in [0.25, 0.3) is 21.6 Å². The van der Waals surface area contributed by atoms with Crippen molar-refractivity contribution in [1.29, 1.82) is 0 Å². The summed E-state index contributed by atoms with van der Waals surface area (Å²) in [5, 5.41) is 20.1. The molecule has 0 saturated carbocycles. The van der Waals surface area contributed by atoms with Gasteiger partial charge in [0, 0.05) is 4.91 Å². The molecule has 0 aliphatic carbocycles. The van der Waals surface area contributed by atoms with Gasteiger partial charge in [-0.3, -0.25) is 43.5 Å². The lowest BCUT2D eigenvalue weighted by Crippen LogP contribution is -2.70. The lowest BCUT2D eigenvalue weighted by Gasteiger charge is -2.39. The van der Waals surface area contributed by atoms with Gasteiger partial charge in [0.15, 0.2) is 30.0 Å². The van der Waals surface area contributed by atoms with Crippen molar-refractivity contribution >= 4 is 44.9 Å². The van der Waals surface area contributed by atoms with E-state index < -0.39 is 102 Å². The fourth-order valence-corrected chi connectivity index (χ4v) is 7.77. The molecule has 4 bridgehead atoms. The number of hydrogen-bond acceptors (Lipinski definition) is 19. The first-order valence-corrected chi connectivity index (χ1v) is 16.8. The third-order valence-electron chi connectivity index (χ3n) is 7.98. The highest BCUT2D eigenvalue weighted by molar-refractivity contribution is 7.47. The second kappa shape index (κ2) is 11.9. The SMILES string of the molecule is [N-]=[N+]=N[C@H]1[C@H]2OP(=O)(O)OC[C@H]3O[C@@H](n4cnc5c(N)ncnc54)[C@H](OP(=O)(O)OC[C@H]1O[C@H]2N1C=NC2C(=O)NC(N)NC21)[C@@H]3O. The van der Waals surface area contributed by atoms with Gasteiger partial charge in [0.1, 0.15) is 48.7 Å².